The topological polar surface area (TPSA) is 88.0 Å². The first kappa shape index (κ1) is 28.5. The Labute approximate surface area is 244 Å². The smallest absolute Gasteiger partial charge is 0.326 e. The summed E-state index contributed by atoms with van der Waals surface area (Å²) in [5.41, 5.74) is 2.68. The molecule has 0 saturated carbocycles. The molecule has 8 nitrogen and oxygen atoms in total. The number of aliphatic carboxylic acids is 1. The molecule has 1 aromatic carbocycles. The van der Waals surface area contributed by atoms with Crippen LogP contribution in [0.15, 0.2) is 48.9 Å². The highest BCUT2D eigenvalue weighted by Crippen LogP contribution is 2.37. The summed E-state index contributed by atoms with van der Waals surface area (Å²) in [6, 6.07) is 7.72. The van der Waals surface area contributed by atoms with Gasteiger partial charge in [-0.25, -0.2) is 18.6 Å². The Morgan fingerprint density at radius 2 is 1.98 bits per heavy atom. The lowest BCUT2D eigenvalue weighted by atomic mass is 9.85. The summed E-state index contributed by atoms with van der Waals surface area (Å²) in [6.45, 7) is 5.52. The average Bonchev–Trinajstić information content (AvgIpc) is 2.96. The van der Waals surface area contributed by atoms with Crippen molar-refractivity contribution in [1.29, 1.82) is 0 Å². The molecule has 2 aromatic heterocycles. The van der Waals surface area contributed by atoms with Crippen molar-refractivity contribution in [3.63, 3.8) is 0 Å². The van der Waals surface area contributed by atoms with Gasteiger partial charge in [0, 0.05) is 48.4 Å². The highest BCUT2D eigenvalue weighted by Gasteiger charge is 2.34. The third-order valence-corrected chi connectivity index (χ3v) is 8.83. The van der Waals surface area contributed by atoms with Crippen LogP contribution in [0.4, 0.5) is 14.6 Å². The molecule has 222 valence electrons. The van der Waals surface area contributed by atoms with Gasteiger partial charge in [0.1, 0.15) is 24.3 Å². The first-order valence-electron chi connectivity index (χ1n) is 14.7. The maximum Gasteiger partial charge on any atom is 0.326 e. The van der Waals surface area contributed by atoms with Crippen LogP contribution in [-0.4, -0.2) is 70.4 Å². The molecule has 6 rings (SSSR count). The van der Waals surface area contributed by atoms with Crippen molar-refractivity contribution in [3.05, 3.63) is 71.7 Å². The van der Waals surface area contributed by atoms with E-state index in [4.69, 9.17) is 9.47 Å². The predicted molar refractivity (Wildman–Crippen MR) is 154 cm³/mol. The first-order chi connectivity index (χ1) is 20.4. The Hall–Kier alpha value is -3.63. The van der Waals surface area contributed by atoms with E-state index in [2.05, 4.69) is 27.9 Å². The van der Waals surface area contributed by atoms with Crippen molar-refractivity contribution >= 4 is 11.8 Å². The molecule has 3 atom stereocenters. The third kappa shape index (κ3) is 5.96. The van der Waals surface area contributed by atoms with Gasteiger partial charge in [-0.05, 0) is 86.9 Å². The van der Waals surface area contributed by atoms with Crippen LogP contribution in [0.3, 0.4) is 0 Å². The van der Waals surface area contributed by atoms with Crippen molar-refractivity contribution in [2.75, 3.05) is 31.2 Å². The maximum absolute atomic E-state index is 15.2. The number of benzene rings is 1. The number of hydrogen-bond donors (Lipinski definition) is 1. The summed E-state index contributed by atoms with van der Waals surface area (Å²) < 4.78 is 41.0. The normalized spacial score (nSPS) is 23.4. The molecule has 3 fully saturated rings. The Bertz CT molecular complexity index is 1440. The molecule has 3 aliphatic rings. The molecular weight excluding hydrogens is 542 g/mol. The number of ether oxygens (including phenoxy) is 2. The van der Waals surface area contributed by atoms with E-state index in [1.165, 1.54) is 12.3 Å². The van der Waals surface area contributed by atoms with Crippen molar-refractivity contribution < 1.29 is 28.2 Å². The zero-order valence-corrected chi connectivity index (χ0v) is 23.7. The number of aromatic nitrogens is 2. The van der Waals surface area contributed by atoms with Gasteiger partial charge in [-0.2, -0.15) is 0 Å². The first-order valence-corrected chi connectivity index (χ1v) is 14.7. The third-order valence-electron chi connectivity index (χ3n) is 8.83. The summed E-state index contributed by atoms with van der Waals surface area (Å²) in [4.78, 5) is 25.0. The quantitative estimate of drug-likeness (QED) is 0.380. The molecule has 0 aliphatic carbocycles. The van der Waals surface area contributed by atoms with Crippen molar-refractivity contribution in [2.24, 2.45) is 0 Å². The molecule has 0 spiro atoms. The van der Waals surface area contributed by atoms with Gasteiger partial charge in [0.2, 0.25) is 0 Å². The number of carbonyl (C=O) groups is 1. The SMILES string of the molecule is CC1CC(c2cncc(COc3c(F)cc(F)cc3-c3ccnc(N4CCCCC4C(=O)O)c3)c2)CCN1C1COC1. The van der Waals surface area contributed by atoms with Gasteiger partial charge < -0.3 is 19.5 Å². The molecule has 3 unspecified atom stereocenters. The number of carboxylic acids is 1. The second-order valence-corrected chi connectivity index (χ2v) is 11.6. The minimum atomic E-state index is -0.911. The molecule has 3 aliphatic heterocycles. The molecular formula is C32H36F2N4O4. The van der Waals surface area contributed by atoms with E-state index < -0.39 is 23.6 Å². The van der Waals surface area contributed by atoms with Gasteiger partial charge in [-0.15, -0.1) is 0 Å². The number of carboxylic acid groups (broad SMARTS) is 1. The highest BCUT2D eigenvalue weighted by atomic mass is 19.1. The molecule has 0 bridgehead atoms. The van der Waals surface area contributed by atoms with Crippen LogP contribution >= 0.6 is 0 Å². The zero-order chi connectivity index (χ0) is 29.2. The van der Waals surface area contributed by atoms with E-state index in [1.807, 2.05) is 6.20 Å². The lowest BCUT2D eigenvalue weighted by molar-refractivity contribution is -0.139. The summed E-state index contributed by atoms with van der Waals surface area (Å²) >= 11 is 0. The van der Waals surface area contributed by atoms with Crippen LogP contribution in [0, 0.1) is 11.6 Å². The van der Waals surface area contributed by atoms with E-state index in [-0.39, 0.29) is 17.9 Å². The lowest BCUT2D eigenvalue weighted by Gasteiger charge is -2.45. The average molecular weight is 579 g/mol. The Kier molecular flexibility index (Phi) is 8.35. The molecule has 10 heteroatoms. The van der Waals surface area contributed by atoms with Crippen LogP contribution in [0.1, 0.15) is 56.1 Å². The lowest BCUT2D eigenvalue weighted by Crippen LogP contribution is -2.55. The number of hydrogen-bond acceptors (Lipinski definition) is 7. The highest BCUT2D eigenvalue weighted by molar-refractivity contribution is 5.79. The number of anilines is 1. The van der Waals surface area contributed by atoms with Crippen LogP contribution in [-0.2, 0) is 16.1 Å². The fraction of sp³-hybridized carbons (Fsp3) is 0.469. The fourth-order valence-corrected chi connectivity index (χ4v) is 6.54. The minimum absolute atomic E-state index is 0.0648. The van der Waals surface area contributed by atoms with Crippen LogP contribution in [0.5, 0.6) is 5.75 Å². The van der Waals surface area contributed by atoms with Gasteiger partial charge in [0.05, 0.1) is 19.3 Å². The van der Waals surface area contributed by atoms with E-state index in [0.717, 1.165) is 62.6 Å². The summed E-state index contributed by atoms with van der Waals surface area (Å²) in [7, 11) is 0. The van der Waals surface area contributed by atoms with Crippen LogP contribution < -0.4 is 9.64 Å². The van der Waals surface area contributed by atoms with Crippen molar-refractivity contribution in [1.82, 2.24) is 14.9 Å². The number of likely N-dealkylation sites (tertiary alicyclic amines) is 1. The zero-order valence-electron chi connectivity index (χ0n) is 23.7. The van der Waals surface area contributed by atoms with Crippen molar-refractivity contribution in [3.8, 4) is 16.9 Å². The number of rotatable bonds is 8. The molecule has 0 radical (unpaired) electrons. The monoisotopic (exact) mass is 578 g/mol. The summed E-state index contributed by atoms with van der Waals surface area (Å²) in [5.74, 6) is -1.69. The molecule has 5 heterocycles. The molecule has 42 heavy (non-hydrogen) atoms. The largest absolute Gasteiger partial charge is 0.485 e. The fourth-order valence-electron chi connectivity index (χ4n) is 6.54. The van der Waals surface area contributed by atoms with E-state index >= 15 is 4.39 Å². The minimum Gasteiger partial charge on any atom is -0.485 e. The van der Waals surface area contributed by atoms with Gasteiger partial charge in [0.15, 0.2) is 11.6 Å². The molecule has 0 amide bonds. The number of halogens is 2. The Morgan fingerprint density at radius 3 is 2.74 bits per heavy atom. The summed E-state index contributed by atoms with van der Waals surface area (Å²) in [6.07, 6.45) is 9.40. The van der Waals surface area contributed by atoms with Gasteiger partial charge in [-0.3, -0.25) is 9.88 Å². The van der Waals surface area contributed by atoms with Gasteiger partial charge >= 0.3 is 5.97 Å². The molecule has 3 saturated heterocycles. The summed E-state index contributed by atoms with van der Waals surface area (Å²) in [5, 5.41) is 9.71. The van der Waals surface area contributed by atoms with Crippen molar-refractivity contribution in [2.45, 2.75) is 69.7 Å². The Morgan fingerprint density at radius 1 is 1.12 bits per heavy atom. The number of piperidine rings is 2. The van der Waals surface area contributed by atoms with E-state index in [9.17, 15) is 14.3 Å². The van der Waals surface area contributed by atoms with Gasteiger partial charge in [0.25, 0.3) is 0 Å². The van der Waals surface area contributed by atoms with Crippen LogP contribution in [0.2, 0.25) is 0 Å². The number of pyridine rings is 2. The van der Waals surface area contributed by atoms with E-state index in [0.29, 0.717) is 42.3 Å². The van der Waals surface area contributed by atoms with E-state index in [1.54, 1.807) is 23.2 Å². The predicted octanol–water partition coefficient (Wildman–Crippen LogP) is 5.41. The second kappa shape index (κ2) is 12.3. The van der Waals surface area contributed by atoms with Crippen LogP contribution in [0.25, 0.3) is 11.1 Å². The molecule has 1 N–H and O–H groups in total. The maximum atomic E-state index is 15.2. The Balaban J connectivity index is 1.20. The molecule has 3 aromatic rings. The van der Waals surface area contributed by atoms with Gasteiger partial charge in [-0.1, -0.05) is 0 Å². The standard InChI is InChI=1S/C32H36F2N4O4/c1-20-10-22(6-9-37(20)26-18-41-19-26)24-11-21(15-35-16-24)17-42-31-27(13-25(33)14-28(31)34)23-5-7-36-30(12-23)38-8-3-2-4-29(38)32(39)40/h5,7,11-16,20,22,26,29H,2-4,6,8-10,17-19H2,1H3,(H,39,40). The number of nitrogens with zero attached hydrogens (tertiary/aromatic N) is 4. The second-order valence-electron chi connectivity index (χ2n) is 11.6.